The molecule has 0 bridgehead atoms. The topological polar surface area (TPSA) is 60.5 Å². The smallest absolute Gasteiger partial charge is 0.250 e. The molecule has 0 radical (unpaired) electrons. The zero-order valence-electron chi connectivity index (χ0n) is 12.2. The normalized spacial score (nSPS) is 12.7. The summed E-state index contributed by atoms with van der Waals surface area (Å²) in [5.74, 6) is 1.22. The van der Waals surface area contributed by atoms with E-state index in [1.54, 1.807) is 19.4 Å². The molecule has 5 heteroatoms. The molecule has 1 amide bonds. The van der Waals surface area contributed by atoms with Crippen molar-refractivity contribution in [3.63, 3.8) is 0 Å². The largest absolute Gasteiger partial charge is 0.488 e. The molecule has 0 atom stereocenters. The average Bonchev–Trinajstić information content (AvgIpc) is 2.59. The maximum atomic E-state index is 12.2. The summed E-state index contributed by atoms with van der Waals surface area (Å²) in [5.41, 5.74) is 2.44. The summed E-state index contributed by atoms with van der Waals surface area (Å²) < 4.78 is 10.6. The van der Waals surface area contributed by atoms with Gasteiger partial charge in [-0.1, -0.05) is 24.3 Å². The van der Waals surface area contributed by atoms with Crippen LogP contribution < -0.4 is 14.8 Å². The third kappa shape index (κ3) is 3.09. The van der Waals surface area contributed by atoms with Gasteiger partial charge in [0.1, 0.15) is 12.4 Å². The number of pyridine rings is 1. The van der Waals surface area contributed by atoms with Crippen molar-refractivity contribution < 1.29 is 14.3 Å². The zero-order valence-corrected chi connectivity index (χ0v) is 12.2. The number of fused-ring (bicyclic) bond motifs is 1. The highest BCUT2D eigenvalue weighted by atomic mass is 16.5. The van der Waals surface area contributed by atoms with Crippen molar-refractivity contribution in [2.24, 2.45) is 0 Å². The van der Waals surface area contributed by atoms with Gasteiger partial charge in [-0.05, 0) is 17.7 Å². The Balaban J connectivity index is 1.64. The monoisotopic (exact) mass is 296 g/mol. The van der Waals surface area contributed by atoms with Crippen LogP contribution >= 0.6 is 0 Å². The molecule has 1 aliphatic heterocycles. The standard InChI is InChI=1S/C17H16N2O3/c1-21-16-7-6-12(9-18-16)10-19-17(20)14-8-13-4-2-3-5-15(13)22-11-14/h2-9H,10-11H2,1H3,(H,19,20). The van der Waals surface area contributed by atoms with Crippen LogP contribution in [0.2, 0.25) is 0 Å². The van der Waals surface area contributed by atoms with Crippen molar-refractivity contribution in [1.29, 1.82) is 0 Å². The Hall–Kier alpha value is -2.82. The number of benzene rings is 1. The third-order valence-electron chi connectivity index (χ3n) is 3.38. The van der Waals surface area contributed by atoms with Gasteiger partial charge >= 0.3 is 0 Å². The molecule has 0 spiro atoms. The number of ether oxygens (including phenoxy) is 2. The Morgan fingerprint density at radius 2 is 2.18 bits per heavy atom. The molecule has 2 heterocycles. The van der Waals surface area contributed by atoms with Crippen LogP contribution in [0, 0.1) is 0 Å². The van der Waals surface area contributed by atoms with Crippen molar-refractivity contribution in [2.75, 3.05) is 13.7 Å². The fourth-order valence-electron chi connectivity index (χ4n) is 2.18. The van der Waals surface area contributed by atoms with Crippen molar-refractivity contribution in [3.8, 4) is 11.6 Å². The summed E-state index contributed by atoms with van der Waals surface area (Å²) in [4.78, 5) is 16.3. The molecule has 5 nitrogen and oxygen atoms in total. The second-order valence-corrected chi connectivity index (χ2v) is 4.89. The average molecular weight is 296 g/mol. The van der Waals surface area contributed by atoms with Crippen molar-refractivity contribution in [1.82, 2.24) is 10.3 Å². The highest BCUT2D eigenvalue weighted by Gasteiger charge is 2.16. The van der Waals surface area contributed by atoms with E-state index in [2.05, 4.69) is 10.3 Å². The predicted octanol–water partition coefficient (Wildman–Crippen LogP) is 2.18. The maximum absolute atomic E-state index is 12.2. The van der Waals surface area contributed by atoms with E-state index >= 15 is 0 Å². The molecule has 0 saturated carbocycles. The van der Waals surface area contributed by atoms with Gasteiger partial charge in [0, 0.05) is 24.4 Å². The van der Waals surface area contributed by atoms with E-state index in [1.807, 2.05) is 36.4 Å². The van der Waals surface area contributed by atoms with Gasteiger partial charge in [-0.3, -0.25) is 4.79 Å². The first-order chi connectivity index (χ1) is 10.8. The van der Waals surface area contributed by atoms with E-state index < -0.39 is 0 Å². The molecule has 2 aromatic rings. The first-order valence-corrected chi connectivity index (χ1v) is 6.96. The number of nitrogens with one attached hydrogen (secondary N) is 1. The predicted molar refractivity (Wildman–Crippen MR) is 82.5 cm³/mol. The summed E-state index contributed by atoms with van der Waals surface area (Å²) in [6.45, 7) is 0.693. The lowest BCUT2D eigenvalue weighted by atomic mass is 10.1. The number of carbonyl (C=O) groups excluding carboxylic acids is 1. The van der Waals surface area contributed by atoms with E-state index in [0.717, 1.165) is 16.9 Å². The lowest BCUT2D eigenvalue weighted by molar-refractivity contribution is -0.117. The summed E-state index contributed by atoms with van der Waals surface area (Å²) in [5, 5.41) is 2.87. The minimum atomic E-state index is -0.134. The molecule has 1 aliphatic rings. The number of carbonyl (C=O) groups is 1. The van der Waals surface area contributed by atoms with Crippen LogP contribution in [-0.2, 0) is 11.3 Å². The van der Waals surface area contributed by atoms with Gasteiger partial charge in [-0.25, -0.2) is 4.98 Å². The van der Waals surface area contributed by atoms with Crippen molar-refractivity contribution in [2.45, 2.75) is 6.54 Å². The lowest BCUT2D eigenvalue weighted by Crippen LogP contribution is -2.28. The second-order valence-electron chi connectivity index (χ2n) is 4.89. The van der Waals surface area contributed by atoms with Crippen LogP contribution in [-0.4, -0.2) is 24.6 Å². The molecule has 112 valence electrons. The van der Waals surface area contributed by atoms with Crippen LogP contribution in [0.4, 0.5) is 0 Å². The van der Waals surface area contributed by atoms with Crippen LogP contribution in [0.15, 0.2) is 48.2 Å². The Morgan fingerprint density at radius 1 is 1.32 bits per heavy atom. The molecule has 1 aromatic heterocycles. The fourth-order valence-corrected chi connectivity index (χ4v) is 2.18. The van der Waals surface area contributed by atoms with E-state index in [4.69, 9.17) is 9.47 Å². The summed E-state index contributed by atoms with van der Waals surface area (Å²) in [6.07, 6.45) is 3.54. The third-order valence-corrected chi connectivity index (χ3v) is 3.38. The number of rotatable bonds is 4. The summed E-state index contributed by atoms with van der Waals surface area (Å²) in [6, 6.07) is 11.3. The van der Waals surface area contributed by atoms with Crippen LogP contribution in [0.1, 0.15) is 11.1 Å². The second kappa shape index (κ2) is 6.30. The number of hydrogen-bond acceptors (Lipinski definition) is 4. The van der Waals surface area contributed by atoms with E-state index in [0.29, 0.717) is 18.0 Å². The fraction of sp³-hybridized carbons (Fsp3) is 0.176. The molecule has 22 heavy (non-hydrogen) atoms. The van der Waals surface area contributed by atoms with Gasteiger partial charge in [0.2, 0.25) is 5.88 Å². The minimum absolute atomic E-state index is 0.134. The van der Waals surface area contributed by atoms with Gasteiger partial charge < -0.3 is 14.8 Å². The number of methoxy groups -OCH3 is 1. The number of hydrogen-bond donors (Lipinski definition) is 1. The quantitative estimate of drug-likeness (QED) is 0.939. The zero-order chi connectivity index (χ0) is 15.4. The SMILES string of the molecule is COc1ccc(CNC(=O)C2=Cc3ccccc3OC2)cn1. The van der Waals surface area contributed by atoms with E-state index in [1.165, 1.54) is 0 Å². The molecule has 0 aliphatic carbocycles. The Morgan fingerprint density at radius 3 is 2.95 bits per heavy atom. The van der Waals surface area contributed by atoms with E-state index in [9.17, 15) is 4.79 Å². The Kier molecular flexibility index (Phi) is 4.05. The van der Waals surface area contributed by atoms with Crippen LogP contribution in [0.5, 0.6) is 11.6 Å². The van der Waals surface area contributed by atoms with Gasteiger partial charge in [0.25, 0.3) is 5.91 Å². The Labute approximate surface area is 128 Å². The maximum Gasteiger partial charge on any atom is 0.250 e. The molecular weight excluding hydrogens is 280 g/mol. The first kappa shape index (κ1) is 14.1. The Bertz CT molecular complexity index is 708. The van der Waals surface area contributed by atoms with Gasteiger partial charge in [-0.2, -0.15) is 0 Å². The van der Waals surface area contributed by atoms with Crippen LogP contribution in [0.25, 0.3) is 6.08 Å². The number of aromatic nitrogens is 1. The van der Waals surface area contributed by atoms with E-state index in [-0.39, 0.29) is 12.5 Å². The van der Waals surface area contributed by atoms with Crippen molar-refractivity contribution in [3.05, 3.63) is 59.3 Å². The molecule has 0 fully saturated rings. The minimum Gasteiger partial charge on any atom is -0.488 e. The molecule has 3 rings (SSSR count). The molecular formula is C17H16N2O3. The first-order valence-electron chi connectivity index (χ1n) is 6.96. The highest BCUT2D eigenvalue weighted by molar-refractivity contribution is 5.99. The van der Waals surface area contributed by atoms with Crippen LogP contribution in [0.3, 0.4) is 0 Å². The number of nitrogens with zero attached hydrogens (tertiary/aromatic N) is 1. The van der Waals surface area contributed by atoms with Gasteiger partial charge in [0.05, 0.1) is 12.7 Å². The molecule has 0 unspecified atom stereocenters. The molecule has 1 N–H and O–H groups in total. The number of para-hydroxylation sites is 1. The van der Waals surface area contributed by atoms with Gasteiger partial charge in [-0.15, -0.1) is 0 Å². The lowest BCUT2D eigenvalue weighted by Gasteiger charge is -2.17. The molecule has 0 saturated heterocycles. The summed E-state index contributed by atoms with van der Waals surface area (Å²) in [7, 11) is 1.57. The number of amides is 1. The molecule has 1 aromatic carbocycles. The van der Waals surface area contributed by atoms with Crippen molar-refractivity contribution >= 4 is 12.0 Å². The van der Waals surface area contributed by atoms with Gasteiger partial charge in [0.15, 0.2) is 0 Å². The highest BCUT2D eigenvalue weighted by Crippen LogP contribution is 2.25. The summed E-state index contributed by atoms with van der Waals surface area (Å²) >= 11 is 0.